The van der Waals surface area contributed by atoms with Crippen LogP contribution in [0.4, 0.5) is 0 Å². The summed E-state index contributed by atoms with van der Waals surface area (Å²) in [5, 5.41) is 25.6. The third kappa shape index (κ3) is 10.7. The average Bonchev–Trinajstić information content (AvgIpc) is 3.22. The smallest absolute Gasteiger partial charge is 0.291 e. The van der Waals surface area contributed by atoms with Crippen LogP contribution in [0.1, 0.15) is 186 Å². The summed E-state index contributed by atoms with van der Waals surface area (Å²) in [4.78, 5) is 14.0. The fourth-order valence-corrected chi connectivity index (χ4v) is 9.43. The Bertz CT molecular complexity index is 3010. The van der Waals surface area contributed by atoms with E-state index in [4.69, 9.17) is 0 Å². The van der Waals surface area contributed by atoms with Crippen molar-refractivity contribution < 1.29 is 15.0 Å². The monoisotopic (exact) mass is 915 g/mol. The van der Waals surface area contributed by atoms with Gasteiger partial charge in [0.25, 0.3) is 5.78 Å². The van der Waals surface area contributed by atoms with Crippen molar-refractivity contribution in [2.45, 2.75) is 159 Å². The number of fused-ring (bicyclic) bond motifs is 3. The molecule has 0 saturated heterocycles. The Morgan fingerprint density at radius 1 is 0.449 bits per heavy atom. The maximum atomic E-state index is 14.0. The molecule has 5 aromatic carbocycles. The van der Waals surface area contributed by atoms with E-state index in [9.17, 15) is 15.0 Å². The number of benzene rings is 5. The summed E-state index contributed by atoms with van der Waals surface area (Å²) in [6.45, 7) is 38.2. The Hall–Kier alpha value is -6.16. The predicted octanol–water partition coefficient (Wildman–Crippen LogP) is 16.5. The van der Waals surface area contributed by atoms with E-state index in [2.05, 4.69) is 239 Å². The molecular weight excluding hydrogens is 841 g/mol. The van der Waals surface area contributed by atoms with Gasteiger partial charge in [0.15, 0.2) is 5.75 Å². The Labute approximate surface area is 415 Å². The zero-order valence-corrected chi connectivity index (χ0v) is 44.8. The first kappa shape index (κ1) is 50.7. The first-order valence-corrected chi connectivity index (χ1v) is 24.8. The number of Topliss-reactive ketones (excluding diaryl/α,β-unsaturated/α-hetero) is 1. The molecule has 5 aromatic rings. The van der Waals surface area contributed by atoms with Gasteiger partial charge >= 0.3 is 0 Å². The average molecular weight is 915 g/mol. The highest BCUT2D eigenvalue weighted by Crippen LogP contribution is 2.46. The maximum absolute atomic E-state index is 14.0. The van der Waals surface area contributed by atoms with Gasteiger partial charge in [-0.25, -0.2) is 0 Å². The standard InChI is InChI=1S/C66H73O3/c1-61(2,3)52-34-49(35-53(58(52)67)62(4,5)6)46-28-22-40-20-26-44-32-48(51-38-56(65(13,14)15)60(69)57(39-51)66(16,17)18)30-24-42(44)21-27-45-33-47(29-23-41(45)19-25-43(40)31-46)50-36-54(63(7,8)9)59(68)55(37-50)64(10,11)12/h22-24,28-39H,19,25H2,1-18H3/p+1. The van der Waals surface area contributed by atoms with Crippen molar-refractivity contribution in [2.24, 2.45) is 10.8 Å². The van der Waals surface area contributed by atoms with E-state index in [1.807, 2.05) is 0 Å². The van der Waals surface area contributed by atoms with E-state index < -0.39 is 0 Å². The first-order chi connectivity index (χ1) is 31.7. The third-order valence-electron chi connectivity index (χ3n) is 13.7. The molecule has 7 rings (SSSR count). The number of phenols is 1. The molecule has 2 aliphatic carbocycles. The van der Waals surface area contributed by atoms with Crippen LogP contribution >= 0.6 is 0 Å². The lowest BCUT2D eigenvalue weighted by Gasteiger charge is -2.28. The minimum Gasteiger partial charge on any atom is -0.507 e. The van der Waals surface area contributed by atoms with Gasteiger partial charge in [-0.1, -0.05) is 125 Å². The van der Waals surface area contributed by atoms with Crippen LogP contribution in [0.25, 0.3) is 27.8 Å². The Morgan fingerprint density at radius 2 is 0.884 bits per heavy atom. The van der Waals surface area contributed by atoms with E-state index in [-0.39, 0.29) is 44.0 Å². The van der Waals surface area contributed by atoms with Crippen LogP contribution in [0.3, 0.4) is 0 Å². The highest BCUT2D eigenvalue weighted by atomic mass is 16.3. The normalized spacial score (nSPS) is 14.7. The Morgan fingerprint density at radius 3 is 1.41 bits per heavy atom. The second-order valence-electron chi connectivity index (χ2n) is 25.7. The van der Waals surface area contributed by atoms with Gasteiger partial charge in [0.05, 0.1) is 17.7 Å². The van der Waals surface area contributed by atoms with Gasteiger partial charge in [-0.2, -0.15) is 0 Å². The number of ketones is 1. The summed E-state index contributed by atoms with van der Waals surface area (Å²) in [6, 6.07) is 28.0. The Balaban J connectivity index is 1.46. The van der Waals surface area contributed by atoms with Crippen molar-refractivity contribution in [3.05, 3.63) is 164 Å². The molecule has 69 heavy (non-hydrogen) atoms. The van der Waals surface area contributed by atoms with Crippen LogP contribution in [0, 0.1) is 40.4 Å². The molecule has 0 saturated carbocycles. The SMILES string of the molecule is CC(C)(C)C1=CC(c2ccc3c(c2)C#Cc2ccc(-c4cc(C(C)(C)C)c([O])c(C(C)(C)C)c4)cc2C#Cc2ccc(-c4cc(C(C)(C)C)c(O)c(C(C)(C)C)c4)cc2CC3)=C[C+](C(C)(C)C)C1=O. The van der Waals surface area contributed by atoms with Crippen molar-refractivity contribution in [3.63, 3.8) is 0 Å². The van der Waals surface area contributed by atoms with Crippen LogP contribution in [0.15, 0.2) is 96.6 Å². The van der Waals surface area contributed by atoms with Gasteiger partial charge in [-0.3, -0.25) is 9.90 Å². The van der Waals surface area contributed by atoms with Crippen LogP contribution < -0.4 is 0 Å². The number of hydrogen-bond acceptors (Lipinski definition) is 2. The van der Waals surface area contributed by atoms with E-state index in [1.54, 1.807) is 0 Å². The lowest BCUT2D eigenvalue weighted by Crippen LogP contribution is -2.32. The first-order valence-electron chi connectivity index (χ1n) is 24.8. The van der Waals surface area contributed by atoms with Gasteiger partial charge in [-0.15, -0.1) is 0 Å². The molecule has 0 aromatic heterocycles. The highest BCUT2D eigenvalue weighted by Gasteiger charge is 2.45. The molecule has 0 bridgehead atoms. The molecule has 355 valence electrons. The van der Waals surface area contributed by atoms with Crippen LogP contribution in [0.5, 0.6) is 11.5 Å². The minimum absolute atomic E-state index is 0.106. The van der Waals surface area contributed by atoms with Gasteiger partial charge in [0.1, 0.15) is 17.2 Å². The van der Waals surface area contributed by atoms with Crippen LogP contribution in [-0.4, -0.2) is 10.9 Å². The number of aryl methyl sites for hydroxylation is 2. The van der Waals surface area contributed by atoms with Crippen molar-refractivity contribution >= 4 is 11.4 Å². The molecule has 0 aliphatic heterocycles. The lowest BCUT2D eigenvalue weighted by molar-refractivity contribution is -0.115. The molecule has 3 nitrogen and oxygen atoms in total. The van der Waals surface area contributed by atoms with Crippen molar-refractivity contribution in [1.29, 1.82) is 0 Å². The summed E-state index contributed by atoms with van der Waals surface area (Å²) >= 11 is 0. The number of hydrogen-bond donors (Lipinski definition) is 1. The highest BCUT2D eigenvalue weighted by molar-refractivity contribution is 6.14. The molecule has 2 aliphatic rings. The van der Waals surface area contributed by atoms with E-state index in [0.29, 0.717) is 5.75 Å². The fourth-order valence-electron chi connectivity index (χ4n) is 9.43. The molecule has 0 unspecified atom stereocenters. The molecule has 1 radical (unpaired) electrons. The zero-order valence-electron chi connectivity index (χ0n) is 44.8. The summed E-state index contributed by atoms with van der Waals surface area (Å²) in [5.74, 6) is 15.8. The van der Waals surface area contributed by atoms with Crippen molar-refractivity contribution in [1.82, 2.24) is 0 Å². The van der Waals surface area contributed by atoms with Crippen molar-refractivity contribution in [3.8, 4) is 57.4 Å². The molecule has 0 amide bonds. The van der Waals surface area contributed by atoms with Crippen LogP contribution in [-0.2, 0) is 44.4 Å². The predicted molar refractivity (Wildman–Crippen MR) is 289 cm³/mol. The summed E-state index contributed by atoms with van der Waals surface area (Å²) in [6.07, 6.45) is 5.64. The van der Waals surface area contributed by atoms with Gasteiger partial charge in [0, 0.05) is 60.9 Å². The molecule has 3 heteroatoms. The quantitative estimate of drug-likeness (QED) is 0.145. The van der Waals surface area contributed by atoms with E-state index >= 15 is 0 Å². The Kier molecular flexibility index (Phi) is 13.0. The van der Waals surface area contributed by atoms with Gasteiger partial charge < -0.3 is 5.11 Å². The van der Waals surface area contributed by atoms with E-state index in [1.165, 1.54) is 0 Å². The largest absolute Gasteiger partial charge is 0.507 e. The number of rotatable bonds is 3. The number of aromatic hydroxyl groups is 1. The number of phenolic OH excluding ortho intramolecular Hbond substituents is 1. The fraction of sp³-hybridized carbons (Fsp3) is 0.394. The van der Waals surface area contributed by atoms with Crippen molar-refractivity contribution in [2.75, 3.05) is 0 Å². The molecular formula is C66H74O3+. The summed E-state index contributed by atoms with van der Waals surface area (Å²) < 4.78 is 0. The molecule has 0 heterocycles. The molecule has 1 N–H and O–H groups in total. The van der Waals surface area contributed by atoms with Crippen LogP contribution in [0.2, 0.25) is 0 Å². The zero-order chi connectivity index (χ0) is 51.0. The molecule has 0 fully saturated rings. The summed E-state index contributed by atoms with van der Waals surface area (Å²) in [7, 11) is 0. The lowest BCUT2D eigenvalue weighted by atomic mass is 9.68. The van der Waals surface area contributed by atoms with Gasteiger partial charge in [0.2, 0.25) is 0 Å². The second-order valence-corrected chi connectivity index (χ2v) is 25.7. The minimum atomic E-state index is -0.341. The number of carbonyl (C=O) groups is 1. The number of allylic oxidation sites excluding steroid dienone is 4. The summed E-state index contributed by atoms with van der Waals surface area (Å²) in [5.41, 5.74) is 14.3. The topological polar surface area (TPSA) is 57.2 Å². The molecule has 0 spiro atoms. The third-order valence-corrected chi connectivity index (χ3v) is 13.7. The van der Waals surface area contributed by atoms with Gasteiger partial charge in [-0.05, 0) is 170 Å². The van der Waals surface area contributed by atoms with E-state index in [0.717, 1.165) is 113 Å². The second kappa shape index (κ2) is 17.7. The molecule has 0 atom stereocenters. The maximum Gasteiger partial charge on any atom is 0.291 e. The number of carbonyl (C=O) groups excluding carboxylic acids is 1.